The maximum Gasteiger partial charge on any atom is 0.171 e. The van der Waals surface area contributed by atoms with E-state index in [4.69, 9.17) is 4.98 Å². The molecule has 0 unspecified atom stereocenters. The summed E-state index contributed by atoms with van der Waals surface area (Å²) >= 11 is 0. The van der Waals surface area contributed by atoms with Crippen molar-refractivity contribution in [1.82, 2.24) is 4.98 Å². The molecular weight excluding hydrogens is 601 g/mol. The van der Waals surface area contributed by atoms with E-state index in [2.05, 4.69) is 109 Å². The molecule has 2 nitrogen and oxygen atoms in total. The van der Waals surface area contributed by atoms with Crippen LogP contribution in [0.3, 0.4) is 0 Å². The van der Waals surface area contributed by atoms with E-state index in [1.165, 1.54) is 32.3 Å². The summed E-state index contributed by atoms with van der Waals surface area (Å²) in [5.41, 5.74) is 5.16. The Bertz CT molecular complexity index is 2640. The highest BCUT2D eigenvalue weighted by Crippen LogP contribution is 2.44. The minimum absolute atomic E-state index is 0.820. The van der Waals surface area contributed by atoms with Gasteiger partial charge in [0.05, 0.1) is 11.2 Å². The van der Waals surface area contributed by atoms with E-state index in [0.29, 0.717) is 0 Å². The molecule has 0 amide bonds. The average molecular weight is 632 g/mol. The third-order valence-corrected chi connectivity index (χ3v) is 12.6. The molecule has 0 saturated heterocycles. The fraction of sp³-hybridized carbons (Fsp3) is 0. The standard InChI is InChI=1S/C45H30NOP/c47-48(34-16-3-1-4-17-34,35-18-5-2-6-19-35)36-28-26-31(27-29-36)32-14-13-15-33(30-32)45-44-40-23-10-8-21-38(40)37-20-7-9-22-39(37)43(44)41-24-11-12-25-42(41)46-45/h1-30H. The van der Waals surface area contributed by atoms with Crippen LogP contribution in [0.2, 0.25) is 0 Å². The van der Waals surface area contributed by atoms with Crippen molar-refractivity contribution in [3.63, 3.8) is 0 Å². The smallest absolute Gasteiger partial charge is 0.171 e. The summed E-state index contributed by atoms with van der Waals surface area (Å²) in [5, 5.41) is 11.0. The van der Waals surface area contributed by atoms with E-state index in [9.17, 15) is 4.57 Å². The van der Waals surface area contributed by atoms with Crippen molar-refractivity contribution in [3.8, 4) is 22.4 Å². The van der Waals surface area contributed by atoms with Crippen molar-refractivity contribution in [2.24, 2.45) is 0 Å². The lowest BCUT2D eigenvalue weighted by molar-refractivity contribution is 0.592. The highest BCUT2D eigenvalue weighted by Gasteiger charge is 2.29. The zero-order chi connectivity index (χ0) is 32.1. The molecule has 0 N–H and O–H groups in total. The molecule has 0 atom stereocenters. The number of aromatic nitrogens is 1. The first-order chi connectivity index (χ1) is 23.7. The summed E-state index contributed by atoms with van der Waals surface area (Å²) in [6, 6.07) is 62.5. The van der Waals surface area contributed by atoms with Gasteiger partial charge in [-0.1, -0.05) is 170 Å². The molecule has 1 heterocycles. The van der Waals surface area contributed by atoms with Gasteiger partial charge in [0.25, 0.3) is 0 Å². The van der Waals surface area contributed by atoms with Gasteiger partial charge in [0.2, 0.25) is 0 Å². The van der Waals surface area contributed by atoms with Gasteiger partial charge in [0.1, 0.15) is 0 Å². The molecule has 1 aromatic heterocycles. The van der Waals surface area contributed by atoms with Crippen LogP contribution in [-0.2, 0) is 4.57 Å². The average Bonchev–Trinajstić information content (AvgIpc) is 3.18. The zero-order valence-electron chi connectivity index (χ0n) is 26.1. The van der Waals surface area contributed by atoms with Crippen LogP contribution in [0.25, 0.3) is 65.6 Å². The topological polar surface area (TPSA) is 30.0 Å². The number of nitrogens with zero attached hydrogens (tertiary/aromatic N) is 1. The van der Waals surface area contributed by atoms with Crippen LogP contribution in [0.15, 0.2) is 182 Å². The van der Waals surface area contributed by atoms with Crippen LogP contribution in [0, 0.1) is 0 Å². The third-order valence-electron chi connectivity index (χ3n) is 9.52. The third kappa shape index (κ3) is 4.49. The molecule has 0 spiro atoms. The normalized spacial score (nSPS) is 11.8. The summed E-state index contributed by atoms with van der Waals surface area (Å²) in [6.07, 6.45) is 0. The lowest BCUT2D eigenvalue weighted by Crippen LogP contribution is -2.24. The quantitative estimate of drug-likeness (QED) is 0.140. The van der Waals surface area contributed by atoms with Gasteiger partial charge in [-0.2, -0.15) is 0 Å². The van der Waals surface area contributed by atoms with Gasteiger partial charge in [-0.15, -0.1) is 0 Å². The highest BCUT2D eigenvalue weighted by molar-refractivity contribution is 7.85. The molecule has 3 heteroatoms. The van der Waals surface area contributed by atoms with E-state index in [-0.39, 0.29) is 0 Å². The summed E-state index contributed by atoms with van der Waals surface area (Å²) in [7, 11) is -3.05. The first-order valence-electron chi connectivity index (χ1n) is 16.2. The number of para-hydroxylation sites is 1. The Labute approximate surface area is 279 Å². The van der Waals surface area contributed by atoms with E-state index < -0.39 is 7.14 Å². The van der Waals surface area contributed by atoms with Crippen molar-refractivity contribution in [2.45, 2.75) is 0 Å². The summed E-state index contributed by atoms with van der Waals surface area (Å²) in [4.78, 5) is 5.34. The van der Waals surface area contributed by atoms with Crippen LogP contribution in [-0.4, -0.2) is 4.98 Å². The molecule has 0 radical (unpaired) electrons. The van der Waals surface area contributed by atoms with Gasteiger partial charge >= 0.3 is 0 Å². The van der Waals surface area contributed by atoms with Crippen LogP contribution < -0.4 is 15.9 Å². The first kappa shape index (κ1) is 28.4. The van der Waals surface area contributed by atoms with Gasteiger partial charge < -0.3 is 4.57 Å². The first-order valence-corrected chi connectivity index (χ1v) is 18.0. The van der Waals surface area contributed by atoms with Crippen LogP contribution in [0.1, 0.15) is 0 Å². The van der Waals surface area contributed by atoms with E-state index in [1.54, 1.807) is 0 Å². The fourth-order valence-corrected chi connectivity index (χ4v) is 9.92. The molecule has 9 aromatic rings. The molecular formula is C45H30NOP. The minimum Gasteiger partial charge on any atom is -0.309 e. The second-order valence-electron chi connectivity index (χ2n) is 12.2. The molecule has 226 valence electrons. The number of fused-ring (bicyclic) bond motifs is 8. The van der Waals surface area contributed by atoms with Crippen molar-refractivity contribution >= 4 is 66.3 Å². The van der Waals surface area contributed by atoms with Crippen LogP contribution in [0.4, 0.5) is 0 Å². The zero-order valence-corrected chi connectivity index (χ0v) is 27.0. The maximum absolute atomic E-state index is 14.9. The fourth-order valence-electron chi connectivity index (χ4n) is 7.27. The Hall–Kier alpha value is -5.82. The van der Waals surface area contributed by atoms with E-state index in [1.807, 2.05) is 72.8 Å². The number of benzene rings is 8. The lowest BCUT2D eigenvalue weighted by Gasteiger charge is -2.20. The minimum atomic E-state index is -3.05. The van der Waals surface area contributed by atoms with Crippen molar-refractivity contribution in [2.75, 3.05) is 0 Å². The molecule has 0 fully saturated rings. The second-order valence-corrected chi connectivity index (χ2v) is 15.0. The monoisotopic (exact) mass is 631 g/mol. The van der Waals surface area contributed by atoms with E-state index >= 15 is 0 Å². The van der Waals surface area contributed by atoms with Gasteiger partial charge in [0.15, 0.2) is 7.14 Å². The van der Waals surface area contributed by atoms with Crippen molar-refractivity contribution in [3.05, 3.63) is 182 Å². The molecule has 0 aliphatic carbocycles. The van der Waals surface area contributed by atoms with Crippen LogP contribution >= 0.6 is 7.14 Å². The molecule has 8 aromatic carbocycles. The summed E-state index contributed by atoms with van der Waals surface area (Å²) < 4.78 is 14.9. The Balaban J connectivity index is 1.23. The molecule has 9 rings (SSSR count). The molecule has 0 aliphatic heterocycles. The van der Waals surface area contributed by atoms with Gasteiger partial charge in [-0.05, 0) is 44.8 Å². The van der Waals surface area contributed by atoms with E-state index in [0.717, 1.165) is 49.2 Å². The predicted molar refractivity (Wildman–Crippen MR) is 205 cm³/mol. The largest absolute Gasteiger partial charge is 0.309 e. The van der Waals surface area contributed by atoms with Crippen molar-refractivity contribution < 1.29 is 4.57 Å². The Morgan fingerprint density at radius 3 is 1.46 bits per heavy atom. The Morgan fingerprint density at radius 1 is 0.354 bits per heavy atom. The number of hydrogen-bond donors (Lipinski definition) is 0. The van der Waals surface area contributed by atoms with Crippen molar-refractivity contribution in [1.29, 1.82) is 0 Å². The molecule has 0 saturated carbocycles. The van der Waals surface area contributed by atoms with Gasteiger partial charge in [0, 0.05) is 37.6 Å². The molecule has 0 aliphatic rings. The number of pyridine rings is 1. The molecule has 48 heavy (non-hydrogen) atoms. The van der Waals surface area contributed by atoms with Crippen LogP contribution in [0.5, 0.6) is 0 Å². The lowest BCUT2D eigenvalue weighted by atomic mass is 9.89. The second kappa shape index (κ2) is 11.5. The van der Waals surface area contributed by atoms with Gasteiger partial charge in [-0.25, -0.2) is 4.98 Å². The number of hydrogen-bond acceptors (Lipinski definition) is 2. The summed E-state index contributed by atoms with van der Waals surface area (Å²) in [6.45, 7) is 0. The Kier molecular flexibility index (Phi) is 6.78. The summed E-state index contributed by atoms with van der Waals surface area (Å²) in [5.74, 6) is 0. The number of rotatable bonds is 5. The highest BCUT2D eigenvalue weighted by atomic mass is 31.2. The maximum atomic E-state index is 14.9. The Morgan fingerprint density at radius 2 is 0.833 bits per heavy atom. The predicted octanol–water partition coefficient (Wildman–Crippen LogP) is 10.7. The molecule has 0 bridgehead atoms. The SMILES string of the molecule is O=P(c1ccccc1)(c1ccccc1)c1ccc(-c2cccc(-c3nc4ccccc4c4c5ccccc5c5ccccc5c34)c2)cc1. The van der Waals surface area contributed by atoms with Gasteiger partial charge in [-0.3, -0.25) is 0 Å².